The first-order chi connectivity index (χ1) is 8.27. The highest BCUT2D eigenvalue weighted by molar-refractivity contribution is 5.76. The summed E-state index contributed by atoms with van der Waals surface area (Å²) in [6.45, 7) is 6.19. The summed E-state index contributed by atoms with van der Waals surface area (Å²) in [6, 6.07) is 0. The number of nitrogens with zero attached hydrogens (tertiary/aromatic N) is 1. The van der Waals surface area contributed by atoms with Crippen LogP contribution in [0.4, 0.5) is 0 Å². The molecule has 0 bridgehead atoms. The Balaban J connectivity index is 1.78. The second kappa shape index (κ2) is 6.20. The number of carbonyl (C=O) groups excluding carboxylic acids is 1. The second-order valence-corrected chi connectivity index (χ2v) is 5.39. The molecule has 3 nitrogen and oxygen atoms in total. The molecular formula is C14H24N2O. The van der Waals surface area contributed by atoms with Crippen molar-refractivity contribution in [2.45, 2.75) is 32.6 Å². The van der Waals surface area contributed by atoms with Gasteiger partial charge in [0.05, 0.1) is 0 Å². The smallest absolute Gasteiger partial charge is 0.223 e. The summed E-state index contributed by atoms with van der Waals surface area (Å²) in [5.74, 6) is 1.54. The van der Waals surface area contributed by atoms with Crippen molar-refractivity contribution in [2.75, 3.05) is 26.2 Å². The fourth-order valence-electron chi connectivity index (χ4n) is 2.80. The lowest BCUT2D eigenvalue weighted by atomic mass is 9.85. The first kappa shape index (κ1) is 12.6. The summed E-state index contributed by atoms with van der Waals surface area (Å²) in [6.07, 6.45) is 8.55. The number of hydrogen-bond donors (Lipinski definition) is 1. The van der Waals surface area contributed by atoms with E-state index in [0.717, 1.165) is 39.0 Å². The highest BCUT2D eigenvalue weighted by Gasteiger charge is 2.24. The zero-order valence-electron chi connectivity index (χ0n) is 10.8. The van der Waals surface area contributed by atoms with Gasteiger partial charge >= 0.3 is 0 Å². The lowest BCUT2D eigenvalue weighted by Gasteiger charge is -2.30. The topological polar surface area (TPSA) is 32.3 Å². The lowest BCUT2D eigenvalue weighted by Crippen LogP contribution is -2.38. The third-order valence-electron chi connectivity index (χ3n) is 4.05. The van der Waals surface area contributed by atoms with Crippen LogP contribution in [0.3, 0.4) is 0 Å². The molecule has 0 radical (unpaired) electrons. The molecule has 2 heterocycles. The van der Waals surface area contributed by atoms with Crippen LogP contribution in [0.1, 0.15) is 32.6 Å². The van der Waals surface area contributed by atoms with Crippen molar-refractivity contribution in [3.8, 4) is 0 Å². The number of carbonyl (C=O) groups is 1. The van der Waals surface area contributed by atoms with Crippen molar-refractivity contribution in [3.05, 3.63) is 12.2 Å². The van der Waals surface area contributed by atoms with Gasteiger partial charge in [-0.25, -0.2) is 0 Å². The average molecular weight is 236 g/mol. The van der Waals surface area contributed by atoms with Crippen LogP contribution < -0.4 is 5.32 Å². The Bertz CT molecular complexity index is 282. The molecule has 0 aromatic rings. The fraction of sp³-hybridized carbons (Fsp3) is 0.786. The Morgan fingerprint density at radius 3 is 3.06 bits per heavy atom. The van der Waals surface area contributed by atoms with Crippen molar-refractivity contribution in [3.63, 3.8) is 0 Å². The van der Waals surface area contributed by atoms with Crippen LogP contribution in [0, 0.1) is 11.8 Å². The van der Waals surface area contributed by atoms with Crippen LogP contribution in [0.25, 0.3) is 0 Å². The number of piperidine rings is 1. The number of amides is 1. The molecule has 2 unspecified atom stereocenters. The molecule has 1 fully saturated rings. The molecule has 2 aliphatic heterocycles. The minimum absolute atomic E-state index is 0.340. The minimum Gasteiger partial charge on any atom is -0.339 e. The predicted molar refractivity (Wildman–Crippen MR) is 69.7 cm³/mol. The summed E-state index contributed by atoms with van der Waals surface area (Å²) < 4.78 is 0. The quantitative estimate of drug-likeness (QED) is 0.758. The van der Waals surface area contributed by atoms with Gasteiger partial charge in [0.1, 0.15) is 0 Å². The predicted octanol–water partition coefficient (Wildman–Crippen LogP) is 1.80. The molecule has 2 rings (SSSR count). The van der Waals surface area contributed by atoms with Gasteiger partial charge in [0.2, 0.25) is 5.91 Å². The maximum atomic E-state index is 12.1. The third kappa shape index (κ3) is 3.56. The van der Waals surface area contributed by atoms with Gasteiger partial charge in [0, 0.05) is 19.5 Å². The molecule has 0 aliphatic carbocycles. The van der Waals surface area contributed by atoms with Gasteiger partial charge in [-0.2, -0.15) is 0 Å². The summed E-state index contributed by atoms with van der Waals surface area (Å²) in [4.78, 5) is 14.1. The van der Waals surface area contributed by atoms with Crippen LogP contribution in [0.5, 0.6) is 0 Å². The normalized spacial score (nSPS) is 26.9. The standard InChI is InChI=1S/C14H24N2O/c1-12(13-6-5-7-15-11-13)10-14(17)16-8-3-2-4-9-16/h2-3,12-13,15H,4-11H2,1H3. The van der Waals surface area contributed by atoms with Crippen molar-refractivity contribution in [1.29, 1.82) is 0 Å². The van der Waals surface area contributed by atoms with E-state index in [2.05, 4.69) is 24.4 Å². The highest BCUT2D eigenvalue weighted by atomic mass is 16.2. The molecule has 1 amide bonds. The van der Waals surface area contributed by atoms with Crippen LogP contribution in [-0.2, 0) is 4.79 Å². The van der Waals surface area contributed by atoms with E-state index < -0.39 is 0 Å². The van der Waals surface area contributed by atoms with E-state index in [4.69, 9.17) is 0 Å². The van der Waals surface area contributed by atoms with Gasteiger partial charge in [-0.1, -0.05) is 19.1 Å². The van der Waals surface area contributed by atoms with Gasteiger partial charge in [-0.15, -0.1) is 0 Å². The average Bonchev–Trinajstić information content (AvgIpc) is 2.40. The van der Waals surface area contributed by atoms with Gasteiger partial charge in [-0.05, 0) is 44.2 Å². The van der Waals surface area contributed by atoms with Crippen molar-refractivity contribution < 1.29 is 4.79 Å². The molecule has 96 valence electrons. The van der Waals surface area contributed by atoms with Crippen LogP contribution in [0.15, 0.2) is 12.2 Å². The summed E-state index contributed by atoms with van der Waals surface area (Å²) >= 11 is 0. The molecule has 0 aromatic carbocycles. The number of hydrogen-bond acceptors (Lipinski definition) is 2. The van der Waals surface area contributed by atoms with E-state index in [1.54, 1.807) is 0 Å². The number of nitrogens with one attached hydrogen (secondary N) is 1. The number of rotatable bonds is 3. The van der Waals surface area contributed by atoms with Crippen molar-refractivity contribution in [1.82, 2.24) is 10.2 Å². The largest absolute Gasteiger partial charge is 0.339 e. The summed E-state index contributed by atoms with van der Waals surface area (Å²) in [7, 11) is 0. The van der Waals surface area contributed by atoms with E-state index in [1.165, 1.54) is 12.8 Å². The fourth-order valence-corrected chi connectivity index (χ4v) is 2.80. The minimum atomic E-state index is 0.340. The molecule has 1 saturated heterocycles. The van der Waals surface area contributed by atoms with Crippen LogP contribution in [-0.4, -0.2) is 37.0 Å². The van der Waals surface area contributed by atoms with Gasteiger partial charge < -0.3 is 10.2 Å². The van der Waals surface area contributed by atoms with Crippen molar-refractivity contribution in [2.24, 2.45) is 11.8 Å². The van der Waals surface area contributed by atoms with Gasteiger partial charge in [-0.3, -0.25) is 4.79 Å². The van der Waals surface area contributed by atoms with Crippen LogP contribution in [0.2, 0.25) is 0 Å². The Labute approximate surface area is 104 Å². The molecular weight excluding hydrogens is 212 g/mol. The van der Waals surface area contributed by atoms with E-state index in [1.807, 2.05) is 4.90 Å². The van der Waals surface area contributed by atoms with E-state index in [9.17, 15) is 4.79 Å². The summed E-state index contributed by atoms with van der Waals surface area (Å²) in [5.41, 5.74) is 0. The Hall–Kier alpha value is -0.830. The molecule has 2 aliphatic rings. The Kier molecular flexibility index (Phi) is 4.60. The Morgan fingerprint density at radius 1 is 1.53 bits per heavy atom. The van der Waals surface area contributed by atoms with Crippen molar-refractivity contribution >= 4 is 5.91 Å². The lowest BCUT2D eigenvalue weighted by molar-refractivity contribution is -0.132. The molecule has 17 heavy (non-hydrogen) atoms. The zero-order chi connectivity index (χ0) is 12.1. The van der Waals surface area contributed by atoms with E-state index in [0.29, 0.717) is 17.7 Å². The maximum Gasteiger partial charge on any atom is 0.223 e. The first-order valence-electron chi connectivity index (χ1n) is 6.91. The molecule has 0 saturated carbocycles. The maximum absolute atomic E-state index is 12.1. The molecule has 3 heteroatoms. The zero-order valence-corrected chi connectivity index (χ0v) is 10.8. The molecule has 0 spiro atoms. The highest BCUT2D eigenvalue weighted by Crippen LogP contribution is 2.23. The monoisotopic (exact) mass is 236 g/mol. The molecule has 1 N–H and O–H groups in total. The third-order valence-corrected chi connectivity index (χ3v) is 4.05. The molecule has 0 aromatic heterocycles. The summed E-state index contributed by atoms with van der Waals surface area (Å²) in [5, 5.41) is 3.43. The Morgan fingerprint density at radius 2 is 2.41 bits per heavy atom. The first-order valence-corrected chi connectivity index (χ1v) is 6.91. The SMILES string of the molecule is CC(CC(=O)N1CC=CCC1)C1CCCNC1. The van der Waals surface area contributed by atoms with Gasteiger partial charge in [0.15, 0.2) is 0 Å². The van der Waals surface area contributed by atoms with E-state index >= 15 is 0 Å². The van der Waals surface area contributed by atoms with Crippen LogP contribution >= 0.6 is 0 Å². The second-order valence-electron chi connectivity index (χ2n) is 5.39. The van der Waals surface area contributed by atoms with E-state index in [-0.39, 0.29) is 0 Å². The van der Waals surface area contributed by atoms with Gasteiger partial charge in [0.25, 0.3) is 0 Å². The molecule has 2 atom stereocenters.